The fourth-order valence-corrected chi connectivity index (χ4v) is 4.23. The maximum absolute atomic E-state index is 13.4. The van der Waals surface area contributed by atoms with Gasteiger partial charge >= 0.3 is 12.9 Å². The first kappa shape index (κ1) is 27.2. The first-order valence-electron chi connectivity index (χ1n) is 12.2. The van der Waals surface area contributed by atoms with Crippen LogP contribution in [0.2, 0.25) is 0 Å². The summed E-state index contributed by atoms with van der Waals surface area (Å²) in [5.74, 6) is -0.434. The molecule has 2 aromatic rings. The van der Waals surface area contributed by atoms with E-state index in [1.807, 2.05) is 26.0 Å². The molecule has 202 valence electrons. The van der Waals surface area contributed by atoms with Gasteiger partial charge in [-0.05, 0) is 79.7 Å². The minimum absolute atomic E-state index is 0.0126. The van der Waals surface area contributed by atoms with E-state index in [0.717, 1.165) is 28.8 Å². The van der Waals surface area contributed by atoms with Gasteiger partial charge in [0.25, 0.3) is 0 Å². The lowest BCUT2D eigenvalue weighted by molar-refractivity contribution is -0.286. The second-order valence-corrected chi connectivity index (χ2v) is 9.12. The Labute approximate surface area is 218 Å². The summed E-state index contributed by atoms with van der Waals surface area (Å²) in [4.78, 5) is 16.0. The molecule has 1 fully saturated rings. The van der Waals surface area contributed by atoms with Crippen molar-refractivity contribution in [2.75, 3.05) is 0 Å². The predicted octanol–water partition coefficient (Wildman–Crippen LogP) is 6.85. The number of carbonyl (C=O) groups excluding carboxylic acids is 1. The van der Waals surface area contributed by atoms with E-state index in [0.29, 0.717) is 30.4 Å². The molecule has 0 spiro atoms. The van der Waals surface area contributed by atoms with E-state index in [1.54, 1.807) is 19.2 Å². The average molecular weight is 533 g/mol. The Bertz CT molecular complexity index is 1290. The van der Waals surface area contributed by atoms with Crippen LogP contribution in [0.25, 0.3) is 5.57 Å². The number of hydrogen-bond acceptors (Lipinski definition) is 5. The van der Waals surface area contributed by atoms with Crippen LogP contribution in [0.4, 0.5) is 17.6 Å². The zero-order valence-corrected chi connectivity index (χ0v) is 21.2. The first-order valence-corrected chi connectivity index (χ1v) is 12.2. The molecule has 1 amide bonds. The van der Waals surface area contributed by atoms with Crippen LogP contribution in [0.15, 0.2) is 65.6 Å². The standard InChI is InChI=1S/C28H28F4N2O4/c1-4-16(2)19(13-18-5-8-21(33-15-18)22-9-12-26(35)34-22)6-10-23(36-27(29)30)17(3)20-7-11-24-25(14-20)38-28(31,32)37-24/h5-8,10-11,14-15,22,27H,4,9,12-13H2,1-3H3,(H,34,35)/b10-6-,19-16-,23-17-. The molecule has 1 aromatic carbocycles. The van der Waals surface area contributed by atoms with Gasteiger partial charge < -0.3 is 19.5 Å². The maximum Gasteiger partial charge on any atom is 0.586 e. The number of fused-ring (bicyclic) bond motifs is 1. The molecule has 6 nitrogen and oxygen atoms in total. The Morgan fingerprint density at radius 1 is 1.18 bits per heavy atom. The molecule has 1 saturated heterocycles. The normalized spacial score (nSPS) is 19.5. The third kappa shape index (κ3) is 6.54. The number of amides is 1. The highest BCUT2D eigenvalue weighted by Crippen LogP contribution is 2.42. The molecule has 1 N–H and O–H groups in total. The Morgan fingerprint density at radius 3 is 2.58 bits per heavy atom. The summed E-state index contributed by atoms with van der Waals surface area (Å²) in [6, 6.07) is 7.78. The highest BCUT2D eigenvalue weighted by Gasteiger charge is 2.43. The molecule has 2 aliphatic rings. The number of nitrogens with one attached hydrogen (secondary N) is 1. The van der Waals surface area contributed by atoms with Crippen LogP contribution >= 0.6 is 0 Å². The van der Waals surface area contributed by atoms with Gasteiger partial charge in [0.05, 0.1) is 11.7 Å². The predicted molar refractivity (Wildman–Crippen MR) is 133 cm³/mol. The van der Waals surface area contributed by atoms with Crippen molar-refractivity contribution in [1.29, 1.82) is 0 Å². The lowest BCUT2D eigenvalue weighted by atomic mass is 9.98. The van der Waals surface area contributed by atoms with E-state index < -0.39 is 12.9 Å². The number of allylic oxidation sites excluding steroid dienone is 5. The molecule has 0 bridgehead atoms. The molecule has 10 heteroatoms. The van der Waals surface area contributed by atoms with E-state index in [4.69, 9.17) is 4.74 Å². The van der Waals surface area contributed by atoms with Gasteiger partial charge in [-0.2, -0.15) is 8.78 Å². The van der Waals surface area contributed by atoms with E-state index in [1.165, 1.54) is 24.3 Å². The largest absolute Gasteiger partial charge is 0.586 e. The quantitative estimate of drug-likeness (QED) is 0.217. The van der Waals surface area contributed by atoms with Crippen molar-refractivity contribution in [2.24, 2.45) is 0 Å². The smallest absolute Gasteiger partial charge is 0.435 e. The second-order valence-electron chi connectivity index (χ2n) is 9.12. The van der Waals surface area contributed by atoms with Gasteiger partial charge in [0.15, 0.2) is 11.5 Å². The molecule has 1 unspecified atom stereocenters. The maximum atomic E-state index is 13.4. The number of halogens is 4. The van der Waals surface area contributed by atoms with Crippen molar-refractivity contribution < 1.29 is 36.6 Å². The fraction of sp³-hybridized carbons (Fsp3) is 0.357. The number of aromatic nitrogens is 1. The number of benzene rings is 1. The number of ether oxygens (including phenoxy) is 3. The summed E-state index contributed by atoms with van der Waals surface area (Å²) < 4.78 is 67.0. The number of nitrogens with zero attached hydrogens (tertiary/aromatic N) is 1. The van der Waals surface area contributed by atoms with Crippen LogP contribution < -0.4 is 14.8 Å². The van der Waals surface area contributed by atoms with Crippen LogP contribution in [0.3, 0.4) is 0 Å². The van der Waals surface area contributed by atoms with Gasteiger partial charge in [0, 0.05) is 12.6 Å². The van der Waals surface area contributed by atoms with E-state index in [9.17, 15) is 22.4 Å². The van der Waals surface area contributed by atoms with Gasteiger partial charge in [0.2, 0.25) is 5.91 Å². The summed E-state index contributed by atoms with van der Waals surface area (Å²) in [6.07, 6.45) is 3.56. The first-order chi connectivity index (χ1) is 18.0. The Hall–Kier alpha value is -3.82. The lowest BCUT2D eigenvalue weighted by Crippen LogP contribution is -2.25. The molecular formula is C28H28F4N2O4. The summed E-state index contributed by atoms with van der Waals surface area (Å²) >= 11 is 0. The Balaban J connectivity index is 1.58. The zero-order valence-electron chi connectivity index (χ0n) is 21.2. The molecule has 4 rings (SSSR count). The van der Waals surface area contributed by atoms with Crippen LogP contribution in [-0.4, -0.2) is 23.8 Å². The summed E-state index contributed by atoms with van der Waals surface area (Å²) in [5, 5.41) is 2.89. The highest BCUT2D eigenvalue weighted by molar-refractivity contribution is 5.78. The summed E-state index contributed by atoms with van der Waals surface area (Å²) in [5.41, 5.74) is 4.32. The van der Waals surface area contributed by atoms with E-state index >= 15 is 0 Å². The van der Waals surface area contributed by atoms with Crippen molar-refractivity contribution in [3.05, 3.63) is 82.4 Å². The van der Waals surface area contributed by atoms with Gasteiger partial charge in [-0.1, -0.05) is 30.7 Å². The Morgan fingerprint density at radius 2 is 1.95 bits per heavy atom. The Kier molecular flexibility index (Phi) is 8.08. The minimum Gasteiger partial charge on any atom is -0.435 e. The fourth-order valence-electron chi connectivity index (χ4n) is 4.23. The van der Waals surface area contributed by atoms with Crippen molar-refractivity contribution in [3.63, 3.8) is 0 Å². The lowest BCUT2D eigenvalue weighted by Gasteiger charge is -2.13. The van der Waals surface area contributed by atoms with Crippen LogP contribution in [0, 0.1) is 0 Å². The molecule has 0 saturated carbocycles. The van der Waals surface area contributed by atoms with Crippen molar-refractivity contribution in [1.82, 2.24) is 10.3 Å². The third-order valence-corrected chi connectivity index (χ3v) is 6.53. The molecule has 0 radical (unpaired) electrons. The van der Waals surface area contributed by atoms with Crippen LogP contribution in [-0.2, 0) is 16.0 Å². The van der Waals surface area contributed by atoms with E-state index in [2.05, 4.69) is 19.8 Å². The molecule has 1 aromatic heterocycles. The van der Waals surface area contributed by atoms with E-state index in [-0.39, 0.29) is 29.2 Å². The molecule has 38 heavy (non-hydrogen) atoms. The van der Waals surface area contributed by atoms with Crippen LogP contribution in [0.1, 0.15) is 62.9 Å². The molecule has 2 aliphatic heterocycles. The van der Waals surface area contributed by atoms with Gasteiger partial charge in [-0.3, -0.25) is 9.78 Å². The number of alkyl halides is 4. The monoisotopic (exact) mass is 532 g/mol. The third-order valence-electron chi connectivity index (χ3n) is 6.53. The number of carbonyl (C=O) groups is 1. The minimum atomic E-state index is -3.78. The SMILES string of the molecule is CC/C(C)=C(/C=C\C(OC(F)F)=C(/C)c1ccc2c(c1)OC(F)(F)O2)Cc1ccc(C2CCC(=O)N2)nc1. The summed E-state index contributed by atoms with van der Waals surface area (Å²) in [6.45, 7) is 2.42. The number of rotatable bonds is 9. The highest BCUT2D eigenvalue weighted by atomic mass is 19.3. The average Bonchev–Trinajstić information content (AvgIpc) is 3.45. The van der Waals surface area contributed by atoms with Gasteiger partial charge in [-0.25, -0.2) is 0 Å². The topological polar surface area (TPSA) is 69.7 Å². The number of hydrogen-bond donors (Lipinski definition) is 1. The van der Waals surface area contributed by atoms with Gasteiger partial charge in [-0.15, -0.1) is 8.78 Å². The number of pyridine rings is 1. The zero-order chi connectivity index (χ0) is 27.4. The molecule has 1 atom stereocenters. The van der Waals surface area contributed by atoms with Crippen molar-refractivity contribution in [2.45, 2.75) is 65.4 Å². The molecule has 3 heterocycles. The van der Waals surface area contributed by atoms with Crippen molar-refractivity contribution >= 4 is 11.5 Å². The molecule has 0 aliphatic carbocycles. The second kappa shape index (κ2) is 11.3. The van der Waals surface area contributed by atoms with Crippen molar-refractivity contribution in [3.8, 4) is 11.5 Å². The van der Waals surface area contributed by atoms with Crippen LogP contribution in [0.5, 0.6) is 11.5 Å². The summed E-state index contributed by atoms with van der Waals surface area (Å²) in [7, 11) is 0. The van der Waals surface area contributed by atoms with Gasteiger partial charge in [0.1, 0.15) is 5.76 Å². The molecular weight excluding hydrogens is 504 g/mol.